The van der Waals surface area contributed by atoms with E-state index in [0.29, 0.717) is 23.0 Å². The van der Waals surface area contributed by atoms with Crippen molar-refractivity contribution in [3.63, 3.8) is 0 Å². The molecule has 1 atom stereocenters. The molecular weight excluding hydrogens is 261 g/mol. The summed E-state index contributed by atoms with van der Waals surface area (Å²) in [4.78, 5) is 10.3. The van der Waals surface area contributed by atoms with Crippen LogP contribution in [0.4, 0.5) is 0 Å². The summed E-state index contributed by atoms with van der Waals surface area (Å²) in [5.41, 5.74) is 0.964. The summed E-state index contributed by atoms with van der Waals surface area (Å²) in [6.07, 6.45) is 0.777. The third kappa shape index (κ3) is 4.94. The topological polar surface area (TPSA) is 49.3 Å². The normalized spacial score (nSPS) is 12.4. The molecule has 0 aliphatic carbocycles. The van der Waals surface area contributed by atoms with Crippen LogP contribution in [0.25, 0.3) is 0 Å². The molecule has 0 amide bonds. The lowest BCUT2D eigenvalue weighted by Crippen LogP contribution is -2.20. The van der Waals surface area contributed by atoms with Gasteiger partial charge in [-0.3, -0.25) is 4.79 Å². The highest BCUT2D eigenvalue weighted by molar-refractivity contribution is 6.35. The van der Waals surface area contributed by atoms with Gasteiger partial charge in [0.05, 0.1) is 0 Å². The van der Waals surface area contributed by atoms with E-state index in [4.69, 9.17) is 28.3 Å². The summed E-state index contributed by atoms with van der Waals surface area (Å²) in [6.45, 7) is 2.63. The van der Waals surface area contributed by atoms with E-state index in [1.54, 1.807) is 12.1 Å². The van der Waals surface area contributed by atoms with Crippen LogP contribution in [0, 0.1) is 0 Å². The Balaban J connectivity index is 2.46. The van der Waals surface area contributed by atoms with Gasteiger partial charge in [-0.05, 0) is 37.6 Å². The number of benzene rings is 1. The van der Waals surface area contributed by atoms with Crippen LogP contribution in [0.2, 0.25) is 10.0 Å². The molecule has 94 valence electrons. The summed E-state index contributed by atoms with van der Waals surface area (Å²) in [6, 6.07) is 5.44. The maximum absolute atomic E-state index is 10.3. The third-order valence-electron chi connectivity index (χ3n) is 2.45. The minimum Gasteiger partial charge on any atom is -0.481 e. The molecule has 5 heteroatoms. The summed E-state index contributed by atoms with van der Waals surface area (Å²) in [5, 5.41) is 13.0. The van der Waals surface area contributed by atoms with E-state index in [1.807, 2.05) is 13.0 Å². The first-order valence-corrected chi connectivity index (χ1v) is 6.16. The highest BCUT2D eigenvalue weighted by Gasteiger charge is 2.09. The SMILES string of the molecule is C[C@H](NCCCC(=O)O)c1ccc(Cl)cc1Cl. The van der Waals surface area contributed by atoms with Crippen LogP contribution in [-0.2, 0) is 4.79 Å². The molecule has 0 saturated heterocycles. The van der Waals surface area contributed by atoms with Crippen molar-refractivity contribution in [1.82, 2.24) is 5.32 Å². The van der Waals surface area contributed by atoms with Gasteiger partial charge in [0, 0.05) is 22.5 Å². The van der Waals surface area contributed by atoms with Gasteiger partial charge >= 0.3 is 5.97 Å². The van der Waals surface area contributed by atoms with Crippen LogP contribution >= 0.6 is 23.2 Å². The average Bonchev–Trinajstić information content (AvgIpc) is 2.23. The zero-order chi connectivity index (χ0) is 12.8. The highest BCUT2D eigenvalue weighted by Crippen LogP contribution is 2.25. The van der Waals surface area contributed by atoms with Gasteiger partial charge in [-0.25, -0.2) is 0 Å². The van der Waals surface area contributed by atoms with Crippen LogP contribution in [0.3, 0.4) is 0 Å². The molecule has 0 aliphatic heterocycles. The smallest absolute Gasteiger partial charge is 0.303 e. The van der Waals surface area contributed by atoms with E-state index in [9.17, 15) is 4.79 Å². The number of hydrogen-bond acceptors (Lipinski definition) is 2. The standard InChI is InChI=1S/C12H15Cl2NO2/c1-8(15-6-2-3-12(16)17)10-5-4-9(13)7-11(10)14/h4-5,7-8,15H,2-3,6H2,1H3,(H,16,17)/t8-/m0/s1. The molecule has 0 unspecified atom stereocenters. The molecule has 0 aromatic heterocycles. The van der Waals surface area contributed by atoms with Crippen molar-refractivity contribution in [2.75, 3.05) is 6.54 Å². The number of halogens is 2. The van der Waals surface area contributed by atoms with Crippen LogP contribution < -0.4 is 5.32 Å². The molecule has 0 saturated carbocycles. The van der Waals surface area contributed by atoms with Gasteiger partial charge in [-0.15, -0.1) is 0 Å². The first kappa shape index (κ1) is 14.3. The largest absolute Gasteiger partial charge is 0.481 e. The second-order valence-corrected chi connectivity index (χ2v) is 4.68. The van der Waals surface area contributed by atoms with Gasteiger partial charge in [0.25, 0.3) is 0 Å². The molecular formula is C12H15Cl2NO2. The fourth-order valence-corrected chi connectivity index (χ4v) is 2.09. The molecule has 0 radical (unpaired) electrons. The van der Waals surface area contributed by atoms with E-state index in [-0.39, 0.29) is 12.5 Å². The van der Waals surface area contributed by atoms with Gasteiger partial charge in [0.15, 0.2) is 0 Å². The van der Waals surface area contributed by atoms with Crippen LogP contribution in [0.5, 0.6) is 0 Å². The monoisotopic (exact) mass is 275 g/mol. The molecule has 0 fully saturated rings. The lowest BCUT2D eigenvalue weighted by molar-refractivity contribution is -0.137. The zero-order valence-electron chi connectivity index (χ0n) is 9.54. The van der Waals surface area contributed by atoms with Gasteiger partial charge in [0.1, 0.15) is 0 Å². The second kappa shape index (κ2) is 6.84. The molecule has 0 heterocycles. The lowest BCUT2D eigenvalue weighted by Gasteiger charge is -2.15. The minimum atomic E-state index is -0.774. The van der Waals surface area contributed by atoms with Crippen LogP contribution in [0.1, 0.15) is 31.4 Å². The molecule has 1 rings (SSSR count). The zero-order valence-corrected chi connectivity index (χ0v) is 11.1. The lowest BCUT2D eigenvalue weighted by atomic mass is 10.1. The summed E-state index contributed by atoms with van der Waals surface area (Å²) in [5.74, 6) is -0.774. The predicted octanol–water partition coefficient (Wildman–Crippen LogP) is 3.51. The summed E-state index contributed by atoms with van der Waals surface area (Å²) in [7, 11) is 0. The quantitative estimate of drug-likeness (QED) is 0.782. The number of aliphatic carboxylic acids is 1. The molecule has 0 spiro atoms. The Morgan fingerprint density at radius 1 is 1.47 bits per heavy atom. The van der Waals surface area contributed by atoms with Crippen LogP contribution in [-0.4, -0.2) is 17.6 Å². The van der Waals surface area contributed by atoms with Crippen molar-refractivity contribution in [2.24, 2.45) is 0 Å². The molecule has 0 aliphatic rings. The second-order valence-electron chi connectivity index (χ2n) is 3.84. The Morgan fingerprint density at radius 3 is 2.76 bits per heavy atom. The van der Waals surface area contributed by atoms with E-state index in [0.717, 1.165) is 5.56 Å². The number of nitrogens with one attached hydrogen (secondary N) is 1. The number of hydrogen-bond donors (Lipinski definition) is 2. The summed E-state index contributed by atoms with van der Waals surface area (Å²) < 4.78 is 0. The number of carbonyl (C=O) groups is 1. The molecule has 2 N–H and O–H groups in total. The first-order chi connectivity index (χ1) is 8.00. The molecule has 17 heavy (non-hydrogen) atoms. The van der Waals surface area contributed by atoms with Crippen molar-refractivity contribution in [2.45, 2.75) is 25.8 Å². The molecule has 3 nitrogen and oxygen atoms in total. The van der Waals surface area contributed by atoms with E-state index >= 15 is 0 Å². The average molecular weight is 276 g/mol. The number of carboxylic acid groups (broad SMARTS) is 1. The maximum Gasteiger partial charge on any atom is 0.303 e. The van der Waals surface area contributed by atoms with Gasteiger partial charge in [-0.1, -0.05) is 29.3 Å². The van der Waals surface area contributed by atoms with Crippen LogP contribution in [0.15, 0.2) is 18.2 Å². The summed E-state index contributed by atoms with van der Waals surface area (Å²) >= 11 is 11.9. The van der Waals surface area contributed by atoms with Crippen molar-refractivity contribution < 1.29 is 9.90 Å². The van der Waals surface area contributed by atoms with E-state index < -0.39 is 5.97 Å². The van der Waals surface area contributed by atoms with E-state index in [1.165, 1.54) is 0 Å². The highest BCUT2D eigenvalue weighted by atomic mass is 35.5. The van der Waals surface area contributed by atoms with Crippen molar-refractivity contribution in [1.29, 1.82) is 0 Å². The Hall–Kier alpha value is -0.770. The predicted molar refractivity (Wildman–Crippen MR) is 69.7 cm³/mol. The Morgan fingerprint density at radius 2 is 2.18 bits per heavy atom. The molecule has 1 aromatic rings. The fourth-order valence-electron chi connectivity index (χ4n) is 1.52. The van der Waals surface area contributed by atoms with Crippen molar-refractivity contribution in [3.8, 4) is 0 Å². The Bertz CT molecular complexity index is 396. The third-order valence-corrected chi connectivity index (χ3v) is 3.01. The van der Waals surface area contributed by atoms with E-state index in [2.05, 4.69) is 5.32 Å². The molecule has 0 bridgehead atoms. The Labute approximate surface area is 111 Å². The number of carboxylic acids is 1. The van der Waals surface area contributed by atoms with Crippen molar-refractivity contribution in [3.05, 3.63) is 33.8 Å². The fraction of sp³-hybridized carbons (Fsp3) is 0.417. The molecule has 1 aromatic carbocycles. The number of rotatable bonds is 6. The minimum absolute atomic E-state index is 0.0774. The maximum atomic E-state index is 10.3. The van der Waals surface area contributed by atoms with Crippen molar-refractivity contribution >= 4 is 29.2 Å². The van der Waals surface area contributed by atoms with Gasteiger partial charge in [0.2, 0.25) is 0 Å². The first-order valence-electron chi connectivity index (χ1n) is 5.41. The Kier molecular flexibility index (Phi) is 5.75. The van der Waals surface area contributed by atoms with Gasteiger partial charge in [-0.2, -0.15) is 0 Å². The van der Waals surface area contributed by atoms with Gasteiger partial charge < -0.3 is 10.4 Å².